The Labute approximate surface area is 123 Å². The van der Waals surface area contributed by atoms with Crippen LogP contribution in [-0.4, -0.2) is 15.3 Å². The predicted molar refractivity (Wildman–Crippen MR) is 84.3 cm³/mol. The Hall–Kier alpha value is -2.62. The van der Waals surface area contributed by atoms with Gasteiger partial charge in [0.1, 0.15) is 5.82 Å². The number of para-hydroxylation sites is 2. The second kappa shape index (κ2) is 5.05. The first-order valence-electron chi connectivity index (χ1n) is 6.86. The maximum Gasteiger partial charge on any atom is 0.170 e. The van der Waals surface area contributed by atoms with E-state index in [0.29, 0.717) is 11.3 Å². The van der Waals surface area contributed by atoms with Gasteiger partial charge in [0.15, 0.2) is 5.78 Å². The van der Waals surface area contributed by atoms with Gasteiger partial charge in [0, 0.05) is 18.3 Å². The lowest BCUT2D eigenvalue weighted by atomic mass is 10.0. The van der Waals surface area contributed by atoms with Gasteiger partial charge in [0.25, 0.3) is 0 Å². The molecule has 0 aliphatic heterocycles. The normalized spacial score (nSPS) is 11.0. The first-order chi connectivity index (χ1) is 10.1. The van der Waals surface area contributed by atoms with Crippen molar-refractivity contribution in [1.82, 2.24) is 9.55 Å². The number of nitrogen functional groups attached to an aromatic ring is 1. The lowest BCUT2D eigenvalue weighted by Gasteiger charge is -2.07. The molecule has 0 spiro atoms. The lowest BCUT2D eigenvalue weighted by molar-refractivity contribution is 0.0989. The number of anilines is 1. The van der Waals surface area contributed by atoms with Gasteiger partial charge >= 0.3 is 0 Å². The van der Waals surface area contributed by atoms with Gasteiger partial charge in [-0.15, -0.1) is 0 Å². The van der Waals surface area contributed by atoms with Crippen LogP contribution in [0.2, 0.25) is 0 Å². The summed E-state index contributed by atoms with van der Waals surface area (Å²) in [4.78, 5) is 17.0. The molecule has 0 fully saturated rings. The molecular formula is C17H17N3O. The van der Waals surface area contributed by atoms with Crippen molar-refractivity contribution in [3.63, 3.8) is 0 Å². The van der Waals surface area contributed by atoms with Crippen molar-refractivity contribution in [1.29, 1.82) is 0 Å². The van der Waals surface area contributed by atoms with E-state index in [9.17, 15) is 4.79 Å². The van der Waals surface area contributed by atoms with Crippen LogP contribution >= 0.6 is 0 Å². The zero-order chi connectivity index (χ0) is 15.0. The number of aryl methyl sites for hydroxylation is 1. The fraction of sp³-hybridized carbons (Fsp3) is 0.176. The maximum atomic E-state index is 12.5. The van der Waals surface area contributed by atoms with E-state index in [0.717, 1.165) is 22.4 Å². The highest BCUT2D eigenvalue weighted by atomic mass is 16.1. The van der Waals surface area contributed by atoms with Gasteiger partial charge in [-0.1, -0.05) is 24.3 Å². The average Bonchev–Trinajstić information content (AvgIpc) is 2.79. The molecule has 4 nitrogen and oxygen atoms in total. The maximum absolute atomic E-state index is 12.5. The minimum atomic E-state index is 0.0400. The minimum Gasteiger partial charge on any atom is -0.398 e. The molecule has 0 unspecified atom stereocenters. The van der Waals surface area contributed by atoms with Crippen LogP contribution in [-0.2, 0) is 13.5 Å². The molecule has 106 valence electrons. The van der Waals surface area contributed by atoms with Crippen LogP contribution in [0.15, 0.2) is 42.5 Å². The molecular weight excluding hydrogens is 262 g/mol. The summed E-state index contributed by atoms with van der Waals surface area (Å²) in [5.74, 6) is 0.807. The number of hydrogen-bond donors (Lipinski definition) is 1. The van der Waals surface area contributed by atoms with Crippen molar-refractivity contribution in [2.75, 3.05) is 5.73 Å². The molecule has 3 rings (SSSR count). The van der Waals surface area contributed by atoms with Crippen LogP contribution in [0.1, 0.15) is 21.7 Å². The van der Waals surface area contributed by atoms with E-state index in [1.165, 1.54) is 0 Å². The third-order valence-electron chi connectivity index (χ3n) is 3.87. The van der Waals surface area contributed by atoms with Gasteiger partial charge in [-0.2, -0.15) is 0 Å². The summed E-state index contributed by atoms with van der Waals surface area (Å²) in [6.45, 7) is 1.87. The Morgan fingerprint density at radius 2 is 1.95 bits per heavy atom. The van der Waals surface area contributed by atoms with Crippen LogP contribution in [0.25, 0.3) is 11.0 Å². The standard InChI is InChI=1S/C17H17N3O/c1-11-12(6-5-7-13(11)18)16(21)10-17-19-14-8-3-4-9-15(14)20(17)2/h3-9H,10,18H2,1-2H3. The summed E-state index contributed by atoms with van der Waals surface area (Å²) in [6, 6.07) is 13.3. The monoisotopic (exact) mass is 279 g/mol. The molecule has 0 bridgehead atoms. The van der Waals surface area contributed by atoms with Gasteiger partial charge < -0.3 is 10.3 Å². The number of nitrogens with zero attached hydrogens (tertiary/aromatic N) is 2. The van der Waals surface area contributed by atoms with Crippen molar-refractivity contribution in [3.8, 4) is 0 Å². The summed E-state index contributed by atoms with van der Waals surface area (Å²) < 4.78 is 1.97. The Bertz CT molecular complexity index is 833. The number of Topliss-reactive ketones (excluding diaryl/α,β-unsaturated/α-hetero) is 1. The highest BCUT2D eigenvalue weighted by Gasteiger charge is 2.15. The molecule has 1 aromatic heterocycles. The van der Waals surface area contributed by atoms with E-state index in [1.807, 2.05) is 54.9 Å². The number of aromatic nitrogens is 2. The SMILES string of the molecule is Cc1c(N)cccc1C(=O)Cc1nc2ccccc2n1C. The molecule has 2 aromatic carbocycles. The summed E-state index contributed by atoms with van der Waals surface area (Å²) in [5.41, 5.74) is 9.96. The van der Waals surface area contributed by atoms with Gasteiger partial charge in [0.2, 0.25) is 0 Å². The number of hydrogen-bond acceptors (Lipinski definition) is 3. The predicted octanol–water partition coefficient (Wildman–Crippen LogP) is 2.89. The first kappa shape index (κ1) is 13.4. The third kappa shape index (κ3) is 2.29. The Morgan fingerprint density at radius 3 is 2.71 bits per heavy atom. The fourth-order valence-corrected chi connectivity index (χ4v) is 2.55. The van der Waals surface area contributed by atoms with E-state index in [4.69, 9.17) is 5.73 Å². The smallest absolute Gasteiger partial charge is 0.170 e. The number of nitrogens with two attached hydrogens (primary N) is 1. The van der Waals surface area contributed by atoms with Gasteiger partial charge in [-0.05, 0) is 30.7 Å². The second-order valence-corrected chi connectivity index (χ2v) is 5.20. The average molecular weight is 279 g/mol. The highest BCUT2D eigenvalue weighted by molar-refractivity contribution is 5.99. The summed E-state index contributed by atoms with van der Waals surface area (Å²) in [6.07, 6.45) is 0.273. The van der Waals surface area contributed by atoms with Crippen molar-refractivity contribution in [3.05, 3.63) is 59.4 Å². The van der Waals surface area contributed by atoms with Gasteiger partial charge in [-0.25, -0.2) is 4.98 Å². The Balaban J connectivity index is 1.97. The van der Waals surface area contributed by atoms with E-state index < -0.39 is 0 Å². The molecule has 0 radical (unpaired) electrons. The van der Waals surface area contributed by atoms with E-state index in [1.54, 1.807) is 6.07 Å². The van der Waals surface area contributed by atoms with E-state index >= 15 is 0 Å². The van der Waals surface area contributed by atoms with Crippen LogP contribution in [0.5, 0.6) is 0 Å². The summed E-state index contributed by atoms with van der Waals surface area (Å²) >= 11 is 0. The largest absolute Gasteiger partial charge is 0.398 e. The molecule has 21 heavy (non-hydrogen) atoms. The molecule has 0 aliphatic carbocycles. The minimum absolute atomic E-state index is 0.0400. The van der Waals surface area contributed by atoms with Gasteiger partial charge in [0.05, 0.1) is 17.5 Å². The molecule has 1 heterocycles. The second-order valence-electron chi connectivity index (χ2n) is 5.20. The van der Waals surface area contributed by atoms with E-state index in [-0.39, 0.29) is 12.2 Å². The fourth-order valence-electron chi connectivity index (χ4n) is 2.55. The Kier molecular flexibility index (Phi) is 3.22. The van der Waals surface area contributed by atoms with Crippen molar-refractivity contribution in [2.45, 2.75) is 13.3 Å². The van der Waals surface area contributed by atoms with Crippen LogP contribution in [0, 0.1) is 6.92 Å². The van der Waals surface area contributed by atoms with Crippen LogP contribution in [0.4, 0.5) is 5.69 Å². The number of rotatable bonds is 3. The van der Waals surface area contributed by atoms with Crippen LogP contribution < -0.4 is 5.73 Å². The van der Waals surface area contributed by atoms with Crippen molar-refractivity contribution < 1.29 is 4.79 Å². The molecule has 0 saturated carbocycles. The first-order valence-corrected chi connectivity index (χ1v) is 6.86. The number of imidazole rings is 1. The number of fused-ring (bicyclic) bond motifs is 1. The number of ketones is 1. The summed E-state index contributed by atoms with van der Waals surface area (Å²) in [7, 11) is 1.93. The van der Waals surface area contributed by atoms with Crippen molar-refractivity contribution in [2.24, 2.45) is 7.05 Å². The Morgan fingerprint density at radius 1 is 1.19 bits per heavy atom. The quantitative estimate of drug-likeness (QED) is 0.592. The summed E-state index contributed by atoms with van der Waals surface area (Å²) in [5, 5.41) is 0. The molecule has 0 atom stereocenters. The number of benzene rings is 2. The zero-order valence-corrected chi connectivity index (χ0v) is 12.1. The lowest BCUT2D eigenvalue weighted by Crippen LogP contribution is -2.10. The number of carbonyl (C=O) groups excluding carboxylic acids is 1. The topological polar surface area (TPSA) is 60.9 Å². The van der Waals surface area contributed by atoms with Gasteiger partial charge in [-0.3, -0.25) is 4.79 Å². The molecule has 0 saturated heterocycles. The molecule has 3 aromatic rings. The third-order valence-corrected chi connectivity index (χ3v) is 3.87. The molecule has 0 aliphatic rings. The highest BCUT2D eigenvalue weighted by Crippen LogP contribution is 2.19. The van der Waals surface area contributed by atoms with E-state index in [2.05, 4.69) is 4.98 Å². The van der Waals surface area contributed by atoms with Crippen molar-refractivity contribution >= 4 is 22.5 Å². The number of carbonyl (C=O) groups is 1. The zero-order valence-electron chi connectivity index (χ0n) is 12.1. The molecule has 2 N–H and O–H groups in total. The molecule has 4 heteroatoms. The molecule has 0 amide bonds. The van der Waals surface area contributed by atoms with Crippen LogP contribution in [0.3, 0.4) is 0 Å².